The van der Waals surface area contributed by atoms with Crippen LogP contribution >= 0.6 is 0 Å². The number of likely N-dealkylation sites (tertiary alicyclic amines) is 1. The number of rotatable bonds is 3. The largest absolute Gasteiger partial charge is 0.379 e. The summed E-state index contributed by atoms with van der Waals surface area (Å²) in [7, 11) is 0. The summed E-state index contributed by atoms with van der Waals surface area (Å²) in [6.45, 7) is 15.4. The Balaban J connectivity index is 2.11. The number of alkyl halides is 1. The van der Waals surface area contributed by atoms with Crippen LogP contribution in [0.1, 0.15) is 41.0 Å². The minimum absolute atomic E-state index is 0.0206. The second-order valence-electron chi connectivity index (χ2n) is 7.62. The van der Waals surface area contributed by atoms with Gasteiger partial charge in [-0.3, -0.25) is 9.80 Å². The maximum atomic E-state index is 14.6. The van der Waals surface area contributed by atoms with Gasteiger partial charge in [-0.25, -0.2) is 4.39 Å². The Bertz CT molecular complexity index is 310. The van der Waals surface area contributed by atoms with Crippen molar-refractivity contribution in [3.05, 3.63) is 0 Å². The molecular weight excluding hydrogens is 255 g/mol. The van der Waals surface area contributed by atoms with Crippen LogP contribution in [0.15, 0.2) is 0 Å². The van der Waals surface area contributed by atoms with Gasteiger partial charge in [-0.2, -0.15) is 0 Å². The van der Waals surface area contributed by atoms with Crippen LogP contribution in [0.5, 0.6) is 0 Å². The van der Waals surface area contributed by atoms with Gasteiger partial charge >= 0.3 is 0 Å². The summed E-state index contributed by atoms with van der Waals surface area (Å²) in [5.41, 5.74) is 0.0206. The molecular formula is C16H31FN2O. The van der Waals surface area contributed by atoms with Crippen molar-refractivity contribution in [1.29, 1.82) is 0 Å². The molecule has 0 bridgehead atoms. The third kappa shape index (κ3) is 3.52. The van der Waals surface area contributed by atoms with E-state index in [4.69, 9.17) is 4.74 Å². The van der Waals surface area contributed by atoms with Crippen molar-refractivity contribution in [2.45, 2.75) is 64.8 Å². The molecule has 0 N–H and O–H groups in total. The smallest absolute Gasteiger partial charge is 0.118 e. The van der Waals surface area contributed by atoms with E-state index in [0.29, 0.717) is 18.4 Å². The first-order valence-electron chi connectivity index (χ1n) is 8.03. The SMILES string of the molecule is CC(C)[C@@H]1C[C@@H](F)C(CN2CCOCC2)N1C(C)(C)C. The van der Waals surface area contributed by atoms with E-state index in [9.17, 15) is 4.39 Å². The van der Waals surface area contributed by atoms with E-state index in [0.717, 1.165) is 32.8 Å². The Morgan fingerprint density at radius 3 is 2.30 bits per heavy atom. The summed E-state index contributed by atoms with van der Waals surface area (Å²) >= 11 is 0. The molecule has 3 nitrogen and oxygen atoms in total. The Hall–Kier alpha value is -0.190. The van der Waals surface area contributed by atoms with Crippen molar-refractivity contribution < 1.29 is 9.13 Å². The molecule has 3 atom stereocenters. The van der Waals surface area contributed by atoms with Crippen LogP contribution in [-0.4, -0.2) is 66.4 Å². The van der Waals surface area contributed by atoms with Crippen molar-refractivity contribution in [1.82, 2.24) is 9.80 Å². The molecule has 20 heavy (non-hydrogen) atoms. The predicted molar refractivity (Wildman–Crippen MR) is 80.8 cm³/mol. The molecule has 2 saturated heterocycles. The van der Waals surface area contributed by atoms with Gasteiger partial charge in [0.25, 0.3) is 0 Å². The molecule has 2 heterocycles. The summed E-state index contributed by atoms with van der Waals surface area (Å²) in [4.78, 5) is 4.81. The zero-order valence-corrected chi connectivity index (χ0v) is 13.7. The lowest BCUT2D eigenvalue weighted by atomic mass is 9.97. The highest BCUT2D eigenvalue weighted by Gasteiger charge is 2.47. The molecule has 2 aliphatic rings. The fourth-order valence-corrected chi connectivity index (χ4v) is 3.76. The second-order valence-corrected chi connectivity index (χ2v) is 7.62. The van der Waals surface area contributed by atoms with Crippen molar-refractivity contribution in [3.8, 4) is 0 Å². The lowest BCUT2D eigenvalue weighted by Gasteiger charge is -2.44. The molecule has 0 aromatic carbocycles. The Morgan fingerprint density at radius 2 is 1.80 bits per heavy atom. The highest BCUT2D eigenvalue weighted by atomic mass is 19.1. The van der Waals surface area contributed by atoms with Crippen molar-refractivity contribution in [2.24, 2.45) is 5.92 Å². The average molecular weight is 286 g/mol. The molecule has 2 fully saturated rings. The molecule has 4 heteroatoms. The zero-order valence-electron chi connectivity index (χ0n) is 13.7. The third-order valence-electron chi connectivity index (χ3n) is 4.69. The van der Waals surface area contributed by atoms with Gasteiger partial charge in [0.1, 0.15) is 6.17 Å². The van der Waals surface area contributed by atoms with Crippen LogP contribution in [0.4, 0.5) is 4.39 Å². The van der Waals surface area contributed by atoms with Gasteiger partial charge in [-0.15, -0.1) is 0 Å². The number of ether oxygens (including phenoxy) is 1. The highest BCUT2D eigenvalue weighted by molar-refractivity contribution is 5.01. The molecule has 1 unspecified atom stereocenters. The maximum absolute atomic E-state index is 14.6. The van der Waals surface area contributed by atoms with E-state index < -0.39 is 6.17 Å². The van der Waals surface area contributed by atoms with Gasteiger partial charge in [0.2, 0.25) is 0 Å². The van der Waals surface area contributed by atoms with E-state index >= 15 is 0 Å². The van der Waals surface area contributed by atoms with Crippen LogP contribution in [-0.2, 0) is 4.74 Å². The zero-order chi connectivity index (χ0) is 14.9. The molecule has 118 valence electrons. The summed E-state index contributed by atoms with van der Waals surface area (Å²) in [5, 5.41) is 0. The van der Waals surface area contributed by atoms with Crippen LogP contribution in [0, 0.1) is 5.92 Å². The van der Waals surface area contributed by atoms with E-state index in [1.165, 1.54) is 0 Å². The van der Waals surface area contributed by atoms with E-state index in [1.54, 1.807) is 0 Å². The van der Waals surface area contributed by atoms with Crippen LogP contribution < -0.4 is 0 Å². The lowest BCUT2D eigenvalue weighted by molar-refractivity contribution is -0.00525. The monoisotopic (exact) mass is 286 g/mol. The Labute approximate surface area is 123 Å². The number of nitrogens with zero attached hydrogens (tertiary/aromatic N) is 2. The number of morpholine rings is 1. The quantitative estimate of drug-likeness (QED) is 0.793. The average Bonchev–Trinajstić information content (AvgIpc) is 2.68. The first kappa shape index (κ1) is 16.2. The van der Waals surface area contributed by atoms with Gasteiger partial charge < -0.3 is 4.74 Å². The Morgan fingerprint density at radius 1 is 1.20 bits per heavy atom. The van der Waals surface area contributed by atoms with Crippen molar-refractivity contribution in [3.63, 3.8) is 0 Å². The van der Waals surface area contributed by atoms with Gasteiger partial charge in [-0.05, 0) is 33.1 Å². The van der Waals surface area contributed by atoms with Crippen LogP contribution in [0.2, 0.25) is 0 Å². The van der Waals surface area contributed by atoms with Gasteiger partial charge in [0, 0.05) is 31.2 Å². The number of hydrogen-bond acceptors (Lipinski definition) is 3. The fraction of sp³-hybridized carbons (Fsp3) is 1.00. The summed E-state index contributed by atoms with van der Waals surface area (Å²) < 4.78 is 20.0. The standard InChI is InChI=1S/C16H31FN2O/c1-12(2)14-10-13(17)15(19(14)16(3,4)5)11-18-6-8-20-9-7-18/h12-15H,6-11H2,1-5H3/t13-,14+,15?/m1/s1. The molecule has 0 aromatic rings. The van der Waals surface area contributed by atoms with E-state index in [-0.39, 0.29) is 11.6 Å². The molecule has 0 saturated carbocycles. The topological polar surface area (TPSA) is 15.7 Å². The molecule has 0 aromatic heterocycles. The lowest BCUT2D eigenvalue weighted by Crippen LogP contribution is -2.56. The highest BCUT2D eigenvalue weighted by Crippen LogP contribution is 2.37. The van der Waals surface area contributed by atoms with Gasteiger partial charge in [0.15, 0.2) is 0 Å². The van der Waals surface area contributed by atoms with Gasteiger partial charge in [-0.1, -0.05) is 13.8 Å². The summed E-state index contributed by atoms with van der Waals surface area (Å²) in [5.74, 6) is 0.502. The minimum Gasteiger partial charge on any atom is -0.379 e. The van der Waals surface area contributed by atoms with Gasteiger partial charge in [0.05, 0.1) is 19.3 Å². The summed E-state index contributed by atoms with van der Waals surface area (Å²) in [6.07, 6.45) is -0.0197. The first-order chi connectivity index (χ1) is 9.30. The molecule has 0 amide bonds. The van der Waals surface area contributed by atoms with Crippen LogP contribution in [0.25, 0.3) is 0 Å². The van der Waals surface area contributed by atoms with E-state index in [1.807, 2.05) is 0 Å². The molecule has 2 aliphatic heterocycles. The number of hydrogen-bond donors (Lipinski definition) is 0. The number of halogens is 1. The minimum atomic E-state index is -0.704. The summed E-state index contributed by atoms with van der Waals surface area (Å²) in [6, 6.07) is 0.386. The van der Waals surface area contributed by atoms with E-state index in [2.05, 4.69) is 44.4 Å². The normalized spacial score (nSPS) is 34.0. The van der Waals surface area contributed by atoms with Crippen molar-refractivity contribution >= 4 is 0 Å². The fourth-order valence-electron chi connectivity index (χ4n) is 3.76. The van der Waals surface area contributed by atoms with Crippen molar-refractivity contribution in [2.75, 3.05) is 32.8 Å². The van der Waals surface area contributed by atoms with Crippen LogP contribution in [0.3, 0.4) is 0 Å². The molecule has 0 spiro atoms. The third-order valence-corrected chi connectivity index (χ3v) is 4.69. The Kier molecular flexibility index (Phi) is 5.09. The first-order valence-corrected chi connectivity index (χ1v) is 8.03. The molecule has 0 radical (unpaired) electrons. The predicted octanol–water partition coefficient (Wildman–Crippen LogP) is 2.55. The second kappa shape index (κ2) is 6.29. The maximum Gasteiger partial charge on any atom is 0.118 e. The molecule has 0 aliphatic carbocycles. The molecule has 2 rings (SSSR count).